The van der Waals surface area contributed by atoms with Crippen LogP contribution in [-0.4, -0.2) is 30.9 Å². The molecule has 0 heterocycles. The van der Waals surface area contributed by atoms with Crippen LogP contribution in [0.3, 0.4) is 0 Å². The summed E-state index contributed by atoms with van der Waals surface area (Å²) in [5.74, 6) is 1.21. The Morgan fingerprint density at radius 1 is 1.00 bits per heavy atom. The van der Waals surface area contributed by atoms with Gasteiger partial charge in [-0.2, -0.15) is 0 Å². The van der Waals surface area contributed by atoms with E-state index in [9.17, 15) is 9.50 Å². The van der Waals surface area contributed by atoms with Gasteiger partial charge in [0, 0.05) is 6.54 Å². The molecule has 2 N–H and O–H groups in total. The first-order valence-electron chi connectivity index (χ1n) is 9.09. The van der Waals surface area contributed by atoms with Crippen molar-refractivity contribution in [2.45, 2.75) is 38.9 Å². The summed E-state index contributed by atoms with van der Waals surface area (Å²) >= 11 is 0. The number of halogens is 1. The summed E-state index contributed by atoms with van der Waals surface area (Å²) in [6.45, 7) is 6.00. The fourth-order valence-electron chi connectivity index (χ4n) is 2.55. The number of aliphatic hydroxyl groups excluding tert-OH is 1. The predicted octanol–water partition coefficient (Wildman–Crippen LogP) is 4.10. The largest absolute Gasteiger partial charge is 0.488 e. The van der Waals surface area contributed by atoms with Crippen molar-refractivity contribution in [2.75, 3.05) is 19.7 Å². The van der Waals surface area contributed by atoms with Crippen LogP contribution < -0.4 is 14.8 Å². The number of nitrogens with one attached hydrogen (secondary N) is 1. The third-order valence-electron chi connectivity index (χ3n) is 3.83. The Labute approximate surface area is 155 Å². The van der Waals surface area contributed by atoms with E-state index in [0.717, 1.165) is 30.0 Å². The predicted molar refractivity (Wildman–Crippen MR) is 101 cm³/mol. The van der Waals surface area contributed by atoms with Crippen LogP contribution in [0.15, 0.2) is 48.5 Å². The van der Waals surface area contributed by atoms with Crippen LogP contribution in [0.1, 0.15) is 38.4 Å². The van der Waals surface area contributed by atoms with Crippen molar-refractivity contribution in [3.8, 4) is 11.5 Å². The summed E-state index contributed by atoms with van der Waals surface area (Å²) in [5.41, 5.74) is 0.747. The van der Waals surface area contributed by atoms with Gasteiger partial charge in [-0.25, -0.2) is 4.39 Å². The standard InChI is InChI=1S/C21H28FNO3/c1-16(2)26-21-8-4-3-7-20(21)25-15-14-23-13-5-6-19(24)17-9-11-18(22)12-10-17/h3-4,7-12,16,19,23-24H,5-6,13-15H2,1-2H3. The van der Waals surface area contributed by atoms with Crippen molar-refractivity contribution < 1.29 is 19.0 Å². The van der Waals surface area contributed by atoms with Crippen LogP contribution in [0.4, 0.5) is 4.39 Å². The number of hydrogen-bond donors (Lipinski definition) is 2. The van der Waals surface area contributed by atoms with E-state index >= 15 is 0 Å². The maximum Gasteiger partial charge on any atom is 0.161 e. The Bertz CT molecular complexity index is 646. The molecule has 0 aliphatic rings. The van der Waals surface area contributed by atoms with Crippen molar-refractivity contribution in [1.82, 2.24) is 5.32 Å². The summed E-state index contributed by atoms with van der Waals surface area (Å²) < 4.78 is 24.4. The zero-order valence-corrected chi connectivity index (χ0v) is 15.5. The second-order valence-corrected chi connectivity index (χ2v) is 6.42. The highest BCUT2D eigenvalue weighted by atomic mass is 19.1. The molecule has 142 valence electrons. The molecule has 5 heteroatoms. The number of para-hydroxylation sites is 2. The third-order valence-corrected chi connectivity index (χ3v) is 3.83. The van der Waals surface area contributed by atoms with Gasteiger partial charge in [0.1, 0.15) is 12.4 Å². The zero-order chi connectivity index (χ0) is 18.8. The quantitative estimate of drug-likeness (QED) is 0.592. The van der Waals surface area contributed by atoms with Crippen molar-refractivity contribution in [1.29, 1.82) is 0 Å². The molecule has 4 nitrogen and oxygen atoms in total. The molecule has 2 aromatic carbocycles. The molecule has 1 atom stereocenters. The second-order valence-electron chi connectivity index (χ2n) is 6.42. The molecular weight excluding hydrogens is 333 g/mol. The van der Waals surface area contributed by atoms with E-state index < -0.39 is 6.10 Å². The third kappa shape index (κ3) is 7.02. The normalized spacial score (nSPS) is 12.2. The molecule has 0 aromatic heterocycles. The summed E-state index contributed by atoms with van der Waals surface area (Å²) in [5, 5.41) is 13.4. The minimum atomic E-state index is -0.561. The lowest BCUT2D eigenvalue weighted by Crippen LogP contribution is -2.22. The Balaban J connectivity index is 1.60. The topological polar surface area (TPSA) is 50.7 Å². The molecule has 0 saturated heterocycles. The first-order chi connectivity index (χ1) is 12.6. The first kappa shape index (κ1) is 20.2. The lowest BCUT2D eigenvalue weighted by molar-refractivity contribution is 0.164. The minimum absolute atomic E-state index is 0.102. The smallest absolute Gasteiger partial charge is 0.161 e. The molecule has 26 heavy (non-hydrogen) atoms. The molecule has 0 amide bonds. The number of hydrogen-bond acceptors (Lipinski definition) is 4. The number of rotatable bonds is 11. The molecule has 2 aromatic rings. The van der Waals surface area contributed by atoms with E-state index in [1.165, 1.54) is 12.1 Å². The van der Waals surface area contributed by atoms with Crippen molar-refractivity contribution in [2.24, 2.45) is 0 Å². The highest BCUT2D eigenvalue weighted by molar-refractivity contribution is 5.39. The van der Waals surface area contributed by atoms with Gasteiger partial charge in [-0.15, -0.1) is 0 Å². The van der Waals surface area contributed by atoms with Gasteiger partial charge in [0.2, 0.25) is 0 Å². The molecule has 0 fully saturated rings. The first-order valence-corrected chi connectivity index (χ1v) is 9.09. The van der Waals surface area contributed by atoms with E-state index in [2.05, 4.69) is 5.32 Å². The Morgan fingerprint density at radius 3 is 2.38 bits per heavy atom. The van der Waals surface area contributed by atoms with E-state index in [0.29, 0.717) is 19.6 Å². The number of ether oxygens (including phenoxy) is 2. The molecule has 0 aliphatic carbocycles. The summed E-state index contributed by atoms with van der Waals surface area (Å²) in [6, 6.07) is 13.6. The summed E-state index contributed by atoms with van der Waals surface area (Å²) in [4.78, 5) is 0. The van der Waals surface area contributed by atoms with E-state index in [4.69, 9.17) is 9.47 Å². The van der Waals surface area contributed by atoms with E-state index in [1.807, 2.05) is 38.1 Å². The van der Waals surface area contributed by atoms with Gasteiger partial charge in [-0.1, -0.05) is 24.3 Å². The van der Waals surface area contributed by atoms with Gasteiger partial charge < -0.3 is 19.9 Å². The minimum Gasteiger partial charge on any atom is -0.488 e. The highest BCUT2D eigenvalue weighted by Crippen LogP contribution is 2.27. The van der Waals surface area contributed by atoms with Crippen LogP contribution in [0.5, 0.6) is 11.5 Å². The van der Waals surface area contributed by atoms with Gasteiger partial charge in [-0.05, 0) is 63.1 Å². The molecule has 0 aliphatic heterocycles. The number of aliphatic hydroxyl groups is 1. The summed E-state index contributed by atoms with van der Waals surface area (Å²) in [7, 11) is 0. The van der Waals surface area contributed by atoms with Gasteiger partial charge in [-0.3, -0.25) is 0 Å². The maximum atomic E-state index is 12.9. The Hall–Kier alpha value is -2.11. The van der Waals surface area contributed by atoms with Crippen molar-refractivity contribution in [3.63, 3.8) is 0 Å². The second kappa shape index (κ2) is 10.8. The number of benzene rings is 2. The molecule has 0 bridgehead atoms. The van der Waals surface area contributed by atoms with E-state index in [1.54, 1.807) is 12.1 Å². The highest BCUT2D eigenvalue weighted by Gasteiger charge is 2.07. The van der Waals surface area contributed by atoms with Gasteiger partial charge in [0.05, 0.1) is 12.2 Å². The maximum absolute atomic E-state index is 12.9. The van der Waals surface area contributed by atoms with Gasteiger partial charge >= 0.3 is 0 Å². The molecule has 0 saturated carbocycles. The molecule has 1 unspecified atom stereocenters. The van der Waals surface area contributed by atoms with Crippen LogP contribution in [-0.2, 0) is 0 Å². The van der Waals surface area contributed by atoms with Crippen molar-refractivity contribution >= 4 is 0 Å². The Kier molecular flexibility index (Phi) is 8.38. The average Bonchev–Trinajstić information content (AvgIpc) is 2.62. The molecular formula is C21H28FNO3. The fraction of sp³-hybridized carbons (Fsp3) is 0.429. The lowest BCUT2D eigenvalue weighted by atomic mass is 10.1. The Morgan fingerprint density at radius 2 is 1.69 bits per heavy atom. The van der Waals surface area contributed by atoms with Gasteiger partial charge in [0.15, 0.2) is 11.5 Å². The average molecular weight is 361 g/mol. The van der Waals surface area contributed by atoms with Crippen LogP contribution in [0, 0.1) is 5.82 Å². The van der Waals surface area contributed by atoms with E-state index in [-0.39, 0.29) is 11.9 Å². The van der Waals surface area contributed by atoms with Gasteiger partial charge in [0.25, 0.3) is 0 Å². The SMILES string of the molecule is CC(C)Oc1ccccc1OCCNCCCC(O)c1ccc(F)cc1. The fourth-order valence-corrected chi connectivity index (χ4v) is 2.55. The molecule has 2 rings (SSSR count). The lowest BCUT2D eigenvalue weighted by Gasteiger charge is -2.15. The van der Waals surface area contributed by atoms with Crippen molar-refractivity contribution in [3.05, 3.63) is 59.9 Å². The molecule has 0 spiro atoms. The summed E-state index contributed by atoms with van der Waals surface area (Å²) in [6.07, 6.45) is 0.995. The molecule has 0 radical (unpaired) electrons. The van der Waals surface area contributed by atoms with Crippen LogP contribution in [0.2, 0.25) is 0 Å². The van der Waals surface area contributed by atoms with Crippen LogP contribution >= 0.6 is 0 Å². The monoisotopic (exact) mass is 361 g/mol. The zero-order valence-electron chi connectivity index (χ0n) is 15.5. The van der Waals surface area contributed by atoms with Crippen LogP contribution in [0.25, 0.3) is 0 Å².